The van der Waals surface area contributed by atoms with E-state index in [1.165, 1.54) is 0 Å². The number of carbonyl (C=O) groups is 2. The predicted octanol–water partition coefficient (Wildman–Crippen LogP) is 1.16. The second kappa shape index (κ2) is 5.58. The van der Waals surface area contributed by atoms with Crippen molar-refractivity contribution in [3.8, 4) is 0 Å². The highest BCUT2D eigenvalue weighted by atomic mass is 16.5. The van der Waals surface area contributed by atoms with Gasteiger partial charge >= 0.3 is 0 Å². The molecule has 3 rings (SSSR count). The second-order valence-electron chi connectivity index (χ2n) is 5.72. The van der Waals surface area contributed by atoms with E-state index in [2.05, 4.69) is 4.90 Å². The molecule has 5 nitrogen and oxygen atoms in total. The Hall–Kier alpha value is -1.72. The number of nitrogens with zero attached hydrogens (tertiary/aromatic N) is 2. The van der Waals surface area contributed by atoms with Crippen LogP contribution in [0.5, 0.6) is 0 Å². The Kier molecular flexibility index (Phi) is 3.78. The van der Waals surface area contributed by atoms with E-state index in [1.54, 1.807) is 4.90 Å². The number of rotatable bonds is 3. The maximum atomic E-state index is 12.2. The second-order valence-corrected chi connectivity index (χ2v) is 5.72. The van der Waals surface area contributed by atoms with Crippen molar-refractivity contribution in [2.24, 2.45) is 0 Å². The van der Waals surface area contributed by atoms with Gasteiger partial charge in [0.05, 0.1) is 24.5 Å². The van der Waals surface area contributed by atoms with Crippen LogP contribution in [-0.4, -0.2) is 56.0 Å². The number of hydrogen-bond acceptors (Lipinski definition) is 4. The number of fused-ring (bicyclic) bond motifs is 1. The van der Waals surface area contributed by atoms with E-state index in [0.29, 0.717) is 12.1 Å². The molecule has 1 fully saturated rings. The van der Waals surface area contributed by atoms with Crippen LogP contribution in [0.15, 0.2) is 12.1 Å². The average molecular weight is 288 g/mol. The molecule has 5 heteroatoms. The minimum absolute atomic E-state index is 0.371. The van der Waals surface area contributed by atoms with Gasteiger partial charge < -0.3 is 9.64 Å². The van der Waals surface area contributed by atoms with Gasteiger partial charge in [-0.15, -0.1) is 0 Å². The third kappa shape index (κ3) is 2.59. The molecule has 112 valence electrons. The highest BCUT2D eigenvalue weighted by molar-refractivity contribution is 6.52. The summed E-state index contributed by atoms with van der Waals surface area (Å²) >= 11 is 0. The molecule has 2 heterocycles. The number of carbonyl (C=O) groups excluding carboxylic acids is 2. The predicted molar refractivity (Wildman–Crippen MR) is 79.9 cm³/mol. The van der Waals surface area contributed by atoms with E-state index < -0.39 is 5.91 Å². The summed E-state index contributed by atoms with van der Waals surface area (Å²) in [5, 5.41) is 0. The third-order valence-electron chi connectivity index (χ3n) is 4.16. The summed E-state index contributed by atoms with van der Waals surface area (Å²) in [6.45, 7) is 8.45. The van der Waals surface area contributed by atoms with Crippen LogP contribution in [0.2, 0.25) is 0 Å². The lowest BCUT2D eigenvalue weighted by Crippen LogP contribution is -2.42. The van der Waals surface area contributed by atoms with Crippen LogP contribution in [-0.2, 0) is 9.53 Å². The first-order valence-corrected chi connectivity index (χ1v) is 7.35. The van der Waals surface area contributed by atoms with Crippen molar-refractivity contribution in [1.29, 1.82) is 0 Å². The van der Waals surface area contributed by atoms with Crippen LogP contribution in [0.1, 0.15) is 21.5 Å². The highest BCUT2D eigenvalue weighted by Crippen LogP contribution is 2.32. The highest BCUT2D eigenvalue weighted by Gasteiger charge is 2.37. The van der Waals surface area contributed by atoms with Gasteiger partial charge in [0.2, 0.25) is 0 Å². The number of benzene rings is 1. The maximum absolute atomic E-state index is 12.2. The summed E-state index contributed by atoms with van der Waals surface area (Å²) in [5.74, 6) is -0.767. The minimum Gasteiger partial charge on any atom is -0.379 e. The van der Waals surface area contributed by atoms with Gasteiger partial charge in [0.15, 0.2) is 0 Å². The van der Waals surface area contributed by atoms with Crippen molar-refractivity contribution in [2.45, 2.75) is 13.8 Å². The van der Waals surface area contributed by atoms with Crippen LogP contribution in [0, 0.1) is 13.8 Å². The van der Waals surface area contributed by atoms with Crippen LogP contribution in [0.3, 0.4) is 0 Å². The zero-order chi connectivity index (χ0) is 15.0. The number of anilines is 1. The summed E-state index contributed by atoms with van der Waals surface area (Å²) < 4.78 is 5.32. The number of ketones is 1. The number of ether oxygens (including phenoxy) is 1. The SMILES string of the molecule is Cc1cc(C)c2c(c1)N(CCN1CCOCC1)C(=O)C2=O. The van der Waals surface area contributed by atoms with E-state index in [0.717, 1.165) is 49.7 Å². The van der Waals surface area contributed by atoms with Crippen molar-refractivity contribution in [1.82, 2.24) is 4.90 Å². The van der Waals surface area contributed by atoms with Crippen LogP contribution >= 0.6 is 0 Å². The minimum atomic E-state index is -0.396. The van der Waals surface area contributed by atoms with E-state index in [9.17, 15) is 9.59 Å². The zero-order valence-corrected chi connectivity index (χ0v) is 12.5. The Bertz CT molecular complexity index is 591. The Labute approximate surface area is 124 Å². The van der Waals surface area contributed by atoms with Gasteiger partial charge in [0.1, 0.15) is 0 Å². The van der Waals surface area contributed by atoms with Gasteiger partial charge in [0, 0.05) is 26.2 Å². The number of amides is 1. The van der Waals surface area contributed by atoms with Gasteiger partial charge in [-0.25, -0.2) is 0 Å². The molecular formula is C16H20N2O3. The molecule has 0 radical (unpaired) electrons. The van der Waals surface area contributed by atoms with Crippen molar-refractivity contribution < 1.29 is 14.3 Å². The molecular weight excluding hydrogens is 268 g/mol. The Morgan fingerprint density at radius 3 is 2.52 bits per heavy atom. The van der Waals surface area contributed by atoms with Gasteiger partial charge in [-0.05, 0) is 31.0 Å². The quantitative estimate of drug-likeness (QED) is 0.783. The molecule has 0 spiro atoms. The van der Waals surface area contributed by atoms with Crippen molar-refractivity contribution in [2.75, 3.05) is 44.3 Å². The molecule has 1 aromatic rings. The van der Waals surface area contributed by atoms with Gasteiger partial charge in [-0.1, -0.05) is 6.07 Å². The van der Waals surface area contributed by atoms with E-state index in [-0.39, 0.29) is 5.78 Å². The first kappa shape index (κ1) is 14.2. The van der Waals surface area contributed by atoms with Crippen molar-refractivity contribution in [3.63, 3.8) is 0 Å². The standard InChI is InChI=1S/C16H20N2O3/c1-11-9-12(2)14-13(10-11)18(16(20)15(14)19)4-3-17-5-7-21-8-6-17/h9-10H,3-8H2,1-2H3. The summed E-state index contributed by atoms with van der Waals surface area (Å²) in [6, 6.07) is 3.89. The third-order valence-corrected chi connectivity index (χ3v) is 4.16. The lowest BCUT2D eigenvalue weighted by atomic mass is 10.0. The normalized spacial score (nSPS) is 19.2. The summed E-state index contributed by atoms with van der Waals surface area (Å²) in [4.78, 5) is 28.3. The van der Waals surface area contributed by atoms with Gasteiger partial charge in [-0.2, -0.15) is 0 Å². The molecule has 1 amide bonds. The van der Waals surface area contributed by atoms with E-state index >= 15 is 0 Å². The molecule has 0 N–H and O–H groups in total. The molecule has 1 saturated heterocycles. The van der Waals surface area contributed by atoms with Gasteiger partial charge in [0.25, 0.3) is 11.7 Å². The van der Waals surface area contributed by atoms with Crippen molar-refractivity contribution >= 4 is 17.4 Å². The fraction of sp³-hybridized carbons (Fsp3) is 0.500. The number of morpholine rings is 1. The molecule has 1 aromatic carbocycles. The first-order valence-electron chi connectivity index (χ1n) is 7.35. The monoisotopic (exact) mass is 288 g/mol. The molecule has 0 unspecified atom stereocenters. The Balaban J connectivity index is 1.80. The maximum Gasteiger partial charge on any atom is 0.299 e. The fourth-order valence-corrected chi connectivity index (χ4v) is 3.08. The molecule has 0 atom stereocenters. The molecule has 21 heavy (non-hydrogen) atoms. The molecule has 0 aliphatic carbocycles. The zero-order valence-electron chi connectivity index (χ0n) is 12.5. The number of hydrogen-bond donors (Lipinski definition) is 0. The smallest absolute Gasteiger partial charge is 0.299 e. The van der Waals surface area contributed by atoms with Crippen LogP contribution < -0.4 is 4.90 Å². The van der Waals surface area contributed by atoms with Crippen LogP contribution in [0.25, 0.3) is 0 Å². The van der Waals surface area contributed by atoms with E-state index in [4.69, 9.17) is 4.74 Å². The lowest BCUT2D eigenvalue weighted by Gasteiger charge is -2.28. The molecule has 0 saturated carbocycles. The molecule has 2 aliphatic heterocycles. The Morgan fingerprint density at radius 1 is 1.10 bits per heavy atom. The van der Waals surface area contributed by atoms with Crippen LogP contribution in [0.4, 0.5) is 5.69 Å². The summed E-state index contributed by atoms with van der Waals surface area (Å²) in [7, 11) is 0. The van der Waals surface area contributed by atoms with Gasteiger partial charge in [-0.3, -0.25) is 14.5 Å². The average Bonchev–Trinajstić information content (AvgIpc) is 2.70. The molecule has 0 bridgehead atoms. The fourth-order valence-electron chi connectivity index (χ4n) is 3.08. The molecule has 2 aliphatic rings. The van der Waals surface area contributed by atoms with E-state index in [1.807, 2.05) is 26.0 Å². The van der Waals surface area contributed by atoms with Crippen molar-refractivity contribution in [3.05, 3.63) is 28.8 Å². The lowest BCUT2D eigenvalue weighted by molar-refractivity contribution is -0.114. The summed E-state index contributed by atoms with van der Waals surface area (Å²) in [6.07, 6.45) is 0. The first-order chi connectivity index (χ1) is 10.1. The molecule has 0 aromatic heterocycles. The number of Topliss-reactive ketones (excluding diaryl/α,β-unsaturated/α-hetero) is 1. The summed E-state index contributed by atoms with van der Waals surface area (Å²) in [5.41, 5.74) is 3.31. The topological polar surface area (TPSA) is 49.9 Å². The Morgan fingerprint density at radius 2 is 1.81 bits per heavy atom. The number of aryl methyl sites for hydroxylation is 2. The largest absolute Gasteiger partial charge is 0.379 e.